The molecule has 1 N–H and O–H groups in total. The third kappa shape index (κ3) is 1.43. The van der Waals surface area contributed by atoms with E-state index in [0.717, 1.165) is 5.84 Å². The van der Waals surface area contributed by atoms with Crippen molar-refractivity contribution in [1.82, 2.24) is 15.1 Å². The molecule has 5 heteroatoms. The number of hydrogen-bond donors (Lipinski definition) is 1. The van der Waals surface area contributed by atoms with E-state index in [9.17, 15) is 0 Å². The Morgan fingerprint density at radius 3 is 3.11 bits per heavy atom. The van der Waals surface area contributed by atoms with E-state index in [-0.39, 0.29) is 12.0 Å². The molecule has 1 aromatic rings. The summed E-state index contributed by atoms with van der Waals surface area (Å²) in [4.78, 5) is 8.76. The summed E-state index contributed by atoms with van der Waals surface area (Å²) in [7, 11) is 0. The van der Waals surface area contributed by atoms with Gasteiger partial charge < -0.3 is 5.32 Å². The summed E-state index contributed by atoms with van der Waals surface area (Å²) in [6, 6.07) is 0.731. The second kappa shape index (κ2) is 3.80. The molecule has 3 heterocycles. The summed E-state index contributed by atoms with van der Waals surface area (Å²) < 4.78 is 2.10. The smallest absolute Gasteiger partial charge is 0.117 e. The van der Waals surface area contributed by atoms with Crippen molar-refractivity contribution in [2.75, 3.05) is 0 Å². The van der Waals surface area contributed by atoms with Gasteiger partial charge in [0.25, 0.3) is 0 Å². The van der Waals surface area contributed by atoms with E-state index >= 15 is 0 Å². The van der Waals surface area contributed by atoms with Crippen molar-refractivity contribution < 1.29 is 0 Å². The van der Waals surface area contributed by atoms with E-state index in [1.807, 2.05) is 12.4 Å². The van der Waals surface area contributed by atoms with Gasteiger partial charge in [-0.25, -0.2) is 4.99 Å². The molecule has 0 bridgehead atoms. The average Bonchev–Trinajstić information content (AvgIpc) is 2.93. The van der Waals surface area contributed by atoms with E-state index in [2.05, 4.69) is 37.4 Å². The summed E-state index contributed by atoms with van der Waals surface area (Å²) >= 11 is 0. The molecular formula is C13H15N5. The van der Waals surface area contributed by atoms with Gasteiger partial charge in [0, 0.05) is 11.8 Å². The number of rotatable bonds is 2. The number of aliphatic imine (C=N–C) groups is 2. The van der Waals surface area contributed by atoms with Gasteiger partial charge in [0.15, 0.2) is 0 Å². The number of aromatic nitrogens is 2. The molecule has 18 heavy (non-hydrogen) atoms. The summed E-state index contributed by atoms with van der Waals surface area (Å²) in [6.07, 6.45) is 13.7. The first-order valence-corrected chi connectivity index (χ1v) is 6.48. The second-order valence-corrected chi connectivity index (χ2v) is 5.09. The van der Waals surface area contributed by atoms with Gasteiger partial charge in [0.05, 0.1) is 24.2 Å². The van der Waals surface area contributed by atoms with Crippen molar-refractivity contribution in [1.29, 1.82) is 0 Å². The van der Waals surface area contributed by atoms with Crippen LogP contribution in [0.3, 0.4) is 0 Å². The minimum Gasteiger partial charge on any atom is -0.350 e. The third-order valence-electron chi connectivity index (χ3n) is 4.03. The SMILES string of the molecule is C1=CC2C(=NC=NC2c2cnn(C3CCC3)c2)N1. The predicted molar refractivity (Wildman–Crippen MR) is 69.5 cm³/mol. The predicted octanol–water partition coefficient (Wildman–Crippen LogP) is 1.82. The van der Waals surface area contributed by atoms with Crippen molar-refractivity contribution >= 4 is 12.2 Å². The quantitative estimate of drug-likeness (QED) is 0.858. The van der Waals surface area contributed by atoms with Crippen molar-refractivity contribution in [2.45, 2.75) is 31.3 Å². The standard InChI is InChI=1S/C13H15N5/c1-2-10(3-1)18-7-9(6-17-18)12-11-4-5-14-13(11)16-8-15-12/h4-8,10-12H,1-3H2,(H,14,15,16). The van der Waals surface area contributed by atoms with Gasteiger partial charge in [-0.3, -0.25) is 9.67 Å². The van der Waals surface area contributed by atoms with Gasteiger partial charge in [0.2, 0.25) is 0 Å². The second-order valence-electron chi connectivity index (χ2n) is 5.09. The molecule has 1 aliphatic carbocycles. The molecule has 1 aromatic heterocycles. The van der Waals surface area contributed by atoms with Crippen LogP contribution in [0.1, 0.15) is 36.9 Å². The molecule has 2 unspecified atom stereocenters. The van der Waals surface area contributed by atoms with Crippen LogP contribution in [0.15, 0.2) is 34.7 Å². The third-order valence-corrected chi connectivity index (χ3v) is 4.03. The Kier molecular flexibility index (Phi) is 2.12. The monoisotopic (exact) mass is 241 g/mol. The van der Waals surface area contributed by atoms with Crippen LogP contribution in [0.25, 0.3) is 0 Å². The molecule has 5 nitrogen and oxygen atoms in total. The first-order chi connectivity index (χ1) is 8.92. The molecule has 3 aliphatic rings. The minimum absolute atomic E-state index is 0.123. The lowest BCUT2D eigenvalue weighted by Gasteiger charge is -2.25. The van der Waals surface area contributed by atoms with Gasteiger partial charge in [-0.1, -0.05) is 6.08 Å². The Labute approximate surface area is 105 Å². The van der Waals surface area contributed by atoms with Gasteiger partial charge >= 0.3 is 0 Å². The lowest BCUT2D eigenvalue weighted by atomic mass is 9.93. The fraction of sp³-hybridized carbons (Fsp3) is 0.462. The molecule has 0 aromatic carbocycles. The molecule has 0 amide bonds. The van der Waals surface area contributed by atoms with E-state index in [1.54, 1.807) is 6.34 Å². The Morgan fingerprint density at radius 1 is 1.33 bits per heavy atom. The van der Waals surface area contributed by atoms with E-state index in [4.69, 9.17) is 0 Å². The van der Waals surface area contributed by atoms with Crippen LogP contribution < -0.4 is 5.32 Å². The van der Waals surface area contributed by atoms with Crippen LogP contribution >= 0.6 is 0 Å². The maximum absolute atomic E-state index is 4.50. The van der Waals surface area contributed by atoms with Crippen LogP contribution in [-0.4, -0.2) is 22.0 Å². The Hall–Kier alpha value is -1.91. The molecule has 0 spiro atoms. The van der Waals surface area contributed by atoms with Crippen LogP contribution in [0, 0.1) is 5.92 Å². The Bertz CT molecular complexity index is 549. The molecule has 2 atom stereocenters. The van der Waals surface area contributed by atoms with E-state index < -0.39 is 0 Å². The fourth-order valence-corrected chi connectivity index (χ4v) is 2.71. The maximum atomic E-state index is 4.50. The average molecular weight is 241 g/mol. The zero-order valence-corrected chi connectivity index (χ0v) is 10.0. The van der Waals surface area contributed by atoms with Crippen LogP contribution in [-0.2, 0) is 0 Å². The first-order valence-electron chi connectivity index (χ1n) is 6.48. The molecule has 2 aliphatic heterocycles. The topological polar surface area (TPSA) is 54.6 Å². The molecule has 4 rings (SSSR count). The summed E-state index contributed by atoms with van der Waals surface area (Å²) in [6.45, 7) is 0. The Morgan fingerprint density at radius 2 is 2.28 bits per heavy atom. The molecular weight excluding hydrogens is 226 g/mol. The summed E-state index contributed by atoms with van der Waals surface area (Å²) in [5, 5.41) is 7.65. The number of hydrogen-bond acceptors (Lipinski definition) is 4. The largest absolute Gasteiger partial charge is 0.350 e. The fourth-order valence-electron chi connectivity index (χ4n) is 2.71. The highest BCUT2D eigenvalue weighted by Crippen LogP contribution is 2.35. The zero-order valence-electron chi connectivity index (χ0n) is 10.0. The van der Waals surface area contributed by atoms with E-state index in [0.29, 0.717) is 6.04 Å². The Balaban J connectivity index is 1.62. The van der Waals surface area contributed by atoms with Gasteiger partial charge in [-0.15, -0.1) is 0 Å². The first kappa shape index (κ1) is 10.1. The van der Waals surface area contributed by atoms with Crippen molar-refractivity contribution in [3.63, 3.8) is 0 Å². The normalized spacial score (nSPS) is 29.7. The maximum Gasteiger partial charge on any atom is 0.117 e. The van der Waals surface area contributed by atoms with Crippen LogP contribution in [0.4, 0.5) is 0 Å². The number of fused-ring (bicyclic) bond motifs is 1. The molecule has 1 saturated carbocycles. The molecule has 0 saturated heterocycles. The van der Waals surface area contributed by atoms with Gasteiger partial charge in [0.1, 0.15) is 12.2 Å². The lowest BCUT2D eigenvalue weighted by molar-refractivity contribution is 0.289. The highest BCUT2D eigenvalue weighted by atomic mass is 15.3. The van der Waals surface area contributed by atoms with Crippen molar-refractivity contribution in [3.8, 4) is 0 Å². The highest BCUT2D eigenvalue weighted by molar-refractivity contribution is 5.96. The van der Waals surface area contributed by atoms with Crippen molar-refractivity contribution in [3.05, 3.63) is 30.2 Å². The van der Waals surface area contributed by atoms with Crippen LogP contribution in [0.2, 0.25) is 0 Å². The van der Waals surface area contributed by atoms with Crippen LogP contribution in [0.5, 0.6) is 0 Å². The summed E-state index contributed by atoms with van der Waals surface area (Å²) in [5.41, 5.74) is 1.18. The highest BCUT2D eigenvalue weighted by Gasteiger charge is 2.31. The van der Waals surface area contributed by atoms with Gasteiger partial charge in [-0.2, -0.15) is 5.10 Å². The number of nitrogens with one attached hydrogen (secondary N) is 1. The van der Waals surface area contributed by atoms with E-state index in [1.165, 1.54) is 24.8 Å². The van der Waals surface area contributed by atoms with Crippen molar-refractivity contribution in [2.24, 2.45) is 15.9 Å². The number of amidine groups is 1. The zero-order chi connectivity index (χ0) is 11.9. The van der Waals surface area contributed by atoms with Gasteiger partial charge in [-0.05, 0) is 25.5 Å². The molecule has 1 fully saturated rings. The summed E-state index contributed by atoms with van der Waals surface area (Å²) in [5.74, 6) is 1.24. The molecule has 92 valence electrons. The minimum atomic E-state index is 0.123. The lowest BCUT2D eigenvalue weighted by Crippen LogP contribution is -2.26. The molecule has 0 radical (unpaired) electrons. The number of nitrogens with zero attached hydrogens (tertiary/aromatic N) is 4.